The summed E-state index contributed by atoms with van der Waals surface area (Å²) >= 11 is 0. The quantitative estimate of drug-likeness (QED) is 0.528. The van der Waals surface area contributed by atoms with Crippen LogP contribution in [0.4, 0.5) is 0 Å². The van der Waals surface area contributed by atoms with E-state index in [1.54, 1.807) is 0 Å². The fourth-order valence-corrected chi connectivity index (χ4v) is 2.54. The van der Waals surface area contributed by atoms with E-state index >= 15 is 0 Å². The van der Waals surface area contributed by atoms with Crippen LogP contribution in [0.1, 0.15) is 0 Å². The van der Waals surface area contributed by atoms with Crippen molar-refractivity contribution in [3.8, 4) is 11.3 Å². The van der Waals surface area contributed by atoms with Gasteiger partial charge < -0.3 is 4.98 Å². The number of hydrogen-bond acceptors (Lipinski definition) is 1. The second-order valence-corrected chi connectivity index (χ2v) is 4.66. The first-order valence-corrected chi connectivity index (χ1v) is 6.33. The number of pyridine rings is 1. The third-order valence-electron chi connectivity index (χ3n) is 3.50. The molecule has 0 bridgehead atoms. The Morgan fingerprint density at radius 3 is 2.79 bits per heavy atom. The van der Waals surface area contributed by atoms with Crippen LogP contribution in [-0.4, -0.2) is 9.97 Å². The molecule has 0 spiro atoms. The molecule has 0 radical (unpaired) electrons. The predicted octanol–water partition coefficient (Wildman–Crippen LogP) is 4.38. The van der Waals surface area contributed by atoms with Crippen LogP contribution < -0.4 is 0 Å². The van der Waals surface area contributed by atoms with Crippen LogP contribution in [-0.2, 0) is 0 Å². The molecule has 4 rings (SSSR count). The van der Waals surface area contributed by atoms with Crippen molar-refractivity contribution < 1.29 is 0 Å². The zero-order valence-corrected chi connectivity index (χ0v) is 10.3. The van der Waals surface area contributed by atoms with Crippen LogP contribution in [0.2, 0.25) is 0 Å². The van der Waals surface area contributed by atoms with Gasteiger partial charge in [-0.15, -0.1) is 0 Å². The van der Waals surface area contributed by atoms with Crippen molar-refractivity contribution in [2.45, 2.75) is 0 Å². The van der Waals surface area contributed by atoms with Gasteiger partial charge in [0.05, 0.1) is 5.69 Å². The first-order chi connectivity index (χ1) is 9.42. The Morgan fingerprint density at radius 2 is 1.79 bits per heavy atom. The van der Waals surface area contributed by atoms with E-state index in [2.05, 4.69) is 58.5 Å². The van der Waals surface area contributed by atoms with Gasteiger partial charge in [0.25, 0.3) is 0 Å². The third kappa shape index (κ3) is 1.61. The number of nitrogens with one attached hydrogen (secondary N) is 1. The Hall–Kier alpha value is -2.61. The van der Waals surface area contributed by atoms with Crippen molar-refractivity contribution in [3.05, 3.63) is 67.0 Å². The Morgan fingerprint density at radius 1 is 0.842 bits per heavy atom. The molecule has 0 atom stereocenters. The maximum atomic E-state index is 4.55. The summed E-state index contributed by atoms with van der Waals surface area (Å²) in [6.45, 7) is 0. The van der Waals surface area contributed by atoms with E-state index in [1.807, 2.05) is 18.5 Å². The average Bonchev–Trinajstić information content (AvgIpc) is 2.94. The second kappa shape index (κ2) is 3.95. The summed E-state index contributed by atoms with van der Waals surface area (Å²) in [4.78, 5) is 7.80. The summed E-state index contributed by atoms with van der Waals surface area (Å²) in [6.07, 6.45) is 3.83. The lowest BCUT2D eigenvalue weighted by molar-refractivity contribution is 1.36. The molecular weight excluding hydrogens is 232 g/mol. The van der Waals surface area contributed by atoms with Gasteiger partial charge in [0.15, 0.2) is 0 Å². The van der Waals surface area contributed by atoms with Gasteiger partial charge in [-0.25, -0.2) is 0 Å². The molecule has 1 N–H and O–H groups in total. The summed E-state index contributed by atoms with van der Waals surface area (Å²) in [5, 5.41) is 3.64. The highest BCUT2D eigenvalue weighted by Gasteiger charge is 2.05. The molecule has 2 nitrogen and oxygen atoms in total. The smallest absolute Gasteiger partial charge is 0.0781 e. The Labute approximate surface area is 110 Å². The fraction of sp³-hybridized carbons (Fsp3) is 0. The minimum absolute atomic E-state index is 1.04. The minimum Gasteiger partial charge on any atom is -0.361 e. The molecule has 0 aliphatic carbocycles. The molecular formula is C17H12N2. The number of benzene rings is 2. The van der Waals surface area contributed by atoms with Crippen molar-refractivity contribution in [2.75, 3.05) is 0 Å². The normalized spacial score (nSPS) is 11.2. The lowest BCUT2D eigenvalue weighted by Gasteiger charge is -2.05. The molecule has 2 heteroatoms. The molecule has 0 aliphatic heterocycles. The summed E-state index contributed by atoms with van der Waals surface area (Å²) in [6, 6.07) is 18.9. The van der Waals surface area contributed by atoms with E-state index in [9.17, 15) is 0 Å². The highest BCUT2D eigenvalue weighted by atomic mass is 14.7. The summed E-state index contributed by atoms with van der Waals surface area (Å²) in [7, 11) is 0. The number of fused-ring (bicyclic) bond motifs is 2. The van der Waals surface area contributed by atoms with Crippen LogP contribution in [0.15, 0.2) is 67.0 Å². The van der Waals surface area contributed by atoms with E-state index in [4.69, 9.17) is 0 Å². The number of aromatic amines is 1. The summed E-state index contributed by atoms with van der Waals surface area (Å²) in [5.74, 6) is 0. The number of rotatable bonds is 1. The van der Waals surface area contributed by atoms with E-state index in [0.717, 1.165) is 16.8 Å². The zero-order chi connectivity index (χ0) is 12.7. The average molecular weight is 244 g/mol. The summed E-state index contributed by atoms with van der Waals surface area (Å²) in [5.41, 5.74) is 3.33. The molecule has 0 saturated carbocycles. The molecule has 2 aromatic heterocycles. The second-order valence-electron chi connectivity index (χ2n) is 4.66. The topological polar surface area (TPSA) is 28.7 Å². The minimum atomic E-state index is 1.04. The van der Waals surface area contributed by atoms with Gasteiger partial charge in [0.2, 0.25) is 0 Å². The van der Waals surface area contributed by atoms with Gasteiger partial charge >= 0.3 is 0 Å². The highest BCUT2D eigenvalue weighted by Crippen LogP contribution is 2.28. The fourth-order valence-electron chi connectivity index (χ4n) is 2.54. The van der Waals surface area contributed by atoms with Crippen molar-refractivity contribution in [1.82, 2.24) is 9.97 Å². The van der Waals surface area contributed by atoms with Crippen molar-refractivity contribution >= 4 is 21.7 Å². The van der Waals surface area contributed by atoms with Crippen molar-refractivity contribution in [3.63, 3.8) is 0 Å². The van der Waals surface area contributed by atoms with Gasteiger partial charge in [-0.05, 0) is 29.0 Å². The maximum Gasteiger partial charge on any atom is 0.0781 e. The number of nitrogens with zero attached hydrogens (tertiary/aromatic N) is 1. The van der Waals surface area contributed by atoms with Gasteiger partial charge in [-0.1, -0.05) is 36.4 Å². The van der Waals surface area contributed by atoms with Crippen molar-refractivity contribution in [1.29, 1.82) is 0 Å². The lowest BCUT2D eigenvalue weighted by Crippen LogP contribution is -1.85. The van der Waals surface area contributed by atoms with Crippen LogP contribution >= 0.6 is 0 Å². The van der Waals surface area contributed by atoms with Gasteiger partial charge in [0, 0.05) is 28.9 Å². The largest absolute Gasteiger partial charge is 0.361 e. The van der Waals surface area contributed by atoms with Gasteiger partial charge in [-0.2, -0.15) is 0 Å². The molecule has 0 fully saturated rings. The van der Waals surface area contributed by atoms with E-state index in [1.165, 1.54) is 16.2 Å². The number of aromatic nitrogens is 2. The standard InChI is InChI=1S/C17H12N2/c1-2-4-15-12(3-1)7-10-19-17(15)14-6-5-13-8-9-18-16(13)11-14/h1-11,18H. The Kier molecular flexibility index (Phi) is 2.15. The van der Waals surface area contributed by atoms with Crippen LogP contribution in [0.25, 0.3) is 32.9 Å². The molecule has 0 aliphatic rings. The van der Waals surface area contributed by atoms with Crippen molar-refractivity contribution in [2.24, 2.45) is 0 Å². The van der Waals surface area contributed by atoms with Crippen LogP contribution in [0.3, 0.4) is 0 Å². The molecule has 0 saturated heterocycles. The predicted molar refractivity (Wildman–Crippen MR) is 79.0 cm³/mol. The Balaban J connectivity index is 2.03. The molecule has 0 amide bonds. The van der Waals surface area contributed by atoms with Crippen LogP contribution in [0, 0.1) is 0 Å². The van der Waals surface area contributed by atoms with Crippen LogP contribution in [0.5, 0.6) is 0 Å². The summed E-state index contributed by atoms with van der Waals surface area (Å²) < 4.78 is 0. The van der Waals surface area contributed by atoms with Gasteiger partial charge in [0.1, 0.15) is 0 Å². The number of hydrogen-bond donors (Lipinski definition) is 1. The lowest BCUT2D eigenvalue weighted by atomic mass is 10.0. The first-order valence-electron chi connectivity index (χ1n) is 6.33. The molecule has 2 heterocycles. The third-order valence-corrected chi connectivity index (χ3v) is 3.50. The first kappa shape index (κ1) is 10.3. The molecule has 0 unspecified atom stereocenters. The highest BCUT2D eigenvalue weighted by molar-refractivity contribution is 5.96. The van der Waals surface area contributed by atoms with E-state index in [-0.39, 0.29) is 0 Å². The Bertz CT molecular complexity index is 869. The molecule has 90 valence electrons. The monoisotopic (exact) mass is 244 g/mol. The molecule has 19 heavy (non-hydrogen) atoms. The maximum absolute atomic E-state index is 4.55. The number of H-pyrrole nitrogens is 1. The van der Waals surface area contributed by atoms with E-state index in [0.29, 0.717) is 0 Å². The molecule has 2 aromatic carbocycles. The molecule has 4 aromatic rings. The SMILES string of the molecule is c1ccc2c(-c3ccc4cc[nH]c4c3)nccc2c1. The van der Waals surface area contributed by atoms with Gasteiger partial charge in [-0.3, -0.25) is 4.98 Å². The van der Waals surface area contributed by atoms with E-state index < -0.39 is 0 Å². The zero-order valence-electron chi connectivity index (χ0n) is 10.3.